The minimum atomic E-state index is -4.54. The van der Waals surface area contributed by atoms with E-state index in [1.807, 2.05) is 58.9 Å². The van der Waals surface area contributed by atoms with Crippen LogP contribution in [0.4, 0.5) is 5.69 Å². The van der Waals surface area contributed by atoms with E-state index in [1.165, 1.54) is 23.5 Å². The molecule has 0 amide bonds. The van der Waals surface area contributed by atoms with Crippen molar-refractivity contribution in [2.75, 3.05) is 23.0 Å². The summed E-state index contributed by atoms with van der Waals surface area (Å²) in [6.45, 7) is 2.46. The van der Waals surface area contributed by atoms with Crippen molar-refractivity contribution in [2.24, 2.45) is 0 Å². The van der Waals surface area contributed by atoms with Gasteiger partial charge in [0.15, 0.2) is 6.54 Å². The minimum absolute atomic E-state index is 0.0140. The van der Waals surface area contributed by atoms with Crippen LogP contribution in [0.5, 0.6) is 0 Å². The summed E-state index contributed by atoms with van der Waals surface area (Å²) in [6.07, 6.45) is 11.5. The van der Waals surface area contributed by atoms with Crippen LogP contribution in [-0.4, -0.2) is 68.0 Å². The summed E-state index contributed by atoms with van der Waals surface area (Å²) in [7, 11) is -12.9. The first-order valence-electron chi connectivity index (χ1n) is 15.9. The van der Waals surface area contributed by atoms with Crippen molar-refractivity contribution in [3.8, 4) is 0 Å². The van der Waals surface area contributed by atoms with Crippen LogP contribution >= 0.6 is 11.3 Å². The van der Waals surface area contributed by atoms with Gasteiger partial charge in [-0.3, -0.25) is 18.5 Å². The summed E-state index contributed by atoms with van der Waals surface area (Å²) in [5.41, 5.74) is 2.05. The monoisotopic (exact) mass is 769 g/mol. The van der Waals surface area contributed by atoms with Crippen molar-refractivity contribution < 1.29 is 53.4 Å². The molecule has 2 heterocycles. The van der Waals surface area contributed by atoms with E-state index < -0.39 is 47.5 Å². The third-order valence-electron chi connectivity index (χ3n) is 8.49. The van der Waals surface area contributed by atoms with Crippen LogP contribution in [0.1, 0.15) is 62.4 Å². The van der Waals surface area contributed by atoms with Gasteiger partial charge in [-0.25, -0.2) is 0 Å². The molecule has 272 valence electrons. The van der Waals surface area contributed by atoms with Crippen molar-refractivity contribution in [1.29, 1.82) is 0 Å². The zero-order valence-corrected chi connectivity index (χ0v) is 30.6. The number of carbonyl (C=O) groups is 1. The number of aryl methyl sites for hydroxylation is 1. The Morgan fingerprint density at radius 1 is 0.880 bits per heavy atom. The maximum atomic E-state index is 12.1. The first-order valence-corrected chi connectivity index (χ1v) is 21.4. The van der Waals surface area contributed by atoms with E-state index in [2.05, 4.69) is 0 Å². The number of carboxylic acids is 1. The number of fused-ring (bicyclic) bond motifs is 2. The lowest BCUT2D eigenvalue weighted by atomic mass is 9.77. The molecule has 1 aliphatic rings. The molecule has 0 saturated heterocycles. The van der Waals surface area contributed by atoms with Gasteiger partial charge >= 0.3 is 5.97 Å². The van der Waals surface area contributed by atoms with Gasteiger partial charge in [-0.1, -0.05) is 54.5 Å². The van der Waals surface area contributed by atoms with Gasteiger partial charge < -0.3 is 10.0 Å². The van der Waals surface area contributed by atoms with Crippen LogP contribution in [0, 0.1) is 0 Å². The molecule has 0 saturated carbocycles. The normalized spacial score (nSPS) is 17.8. The molecule has 13 nitrogen and oxygen atoms in total. The van der Waals surface area contributed by atoms with E-state index in [1.54, 1.807) is 18.2 Å². The molecular formula is C33H41N2O11S4+. The SMILES string of the molecule is CC1(CCCCCC(=O)O)C(=CC=CC=Cc2sc3ccccc3[n+]2CCCS(=O)(=O)O)N(CCCS(=O)(=O)O)c2ccc(S(=O)(=O)O)cc21. The number of thiazole rings is 1. The molecule has 1 atom stereocenters. The van der Waals surface area contributed by atoms with Crippen LogP contribution in [0.25, 0.3) is 16.3 Å². The molecule has 1 unspecified atom stereocenters. The number of benzene rings is 2. The number of allylic oxidation sites excluding steroid dienone is 5. The van der Waals surface area contributed by atoms with Crippen LogP contribution in [0.3, 0.4) is 0 Å². The van der Waals surface area contributed by atoms with Gasteiger partial charge in [0.25, 0.3) is 35.4 Å². The topological polar surface area (TPSA) is 208 Å². The largest absolute Gasteiger partial charge is 0.481 e. The maximum Gasteiger partial charge on any atom is 0.303 e. The highest BCUT2D eigenvalue weighted by Crippen LogP contribution is 2.51. The molecule has 17 heteroatoms. The molecule has 0 bridgehead atoms. The Kier molecular flexibility index (Phi) is 12.8. The van der Waals surface area contributed by atoms with Gasteiger partial charge in [0.05, 0.1) is 16.4 Å². The standard InChI is InChI=1S/C33H40N2O11S4/c1-33(19-9-3-6-16-32(36)37)26-24-25(50(44,45)46)17-18-27(26)34(20-10-22-48(38,39)40)30(33)14-4-2-5-15-31-35(21-11-23-49(41,42)43)28-12-7-8-13-29(28)47-31/h2,4-5,7-8,12-15,17-18,24H,3,6,9-11,16,19-23H2,1H3,(H3-,36,37,38,39,40,41,42,43,44,45,46)/p+1. The van der Waals surface area contributed by atoms with E-state index in [9.17, 15) is 43.7 Å². The molecular weight excluding hydrogens is 729 g/mol. The minimum Gasteiger partial charge on any atom is -0.481 e. The van der Waals surface area contributed by atoms with E-state index in [0.29, 0.717) is 43.5 Å². The Hall–Kier alpha value is -3.45. The highest BCUT2D eigenvalue weighted by atomic mass is 32.2. The number of nitrogens with zero attached hydrogens (tertiary/aromatic N) is 2. The van der Waals surface area contributed by atoms with Crippen LogP contribution in [0.15, 0.2) is 77.4 Å². The fourth-order valence-electron chi connectivity index (χ4n) is 6.19. The number of aliphatic carboxylic acids is 1. The van der Waals surface area contributed by atoms with Gasteiger partial charge in [0.2, 0.25) is 5.52 Å². The quantitative estimate of drug-likeness (QED) is 0.0566. The number of rotatable bonds is 18. The average Bonchev–Trinajstić information content (AvgIpc) is 3.47. The lowest BCUT2D eigenvalue weighted by Gasteiger charge is -2.30. The third-order valence-corrected chi connectivity index (χ3v) is 12.1. The van der Waals surface area contributed by atoms with Crippen molar-refractivity contribution in [2.45, 2.75) is 68.7 Å². The molecule has 50 heavy (non-hydrogen) atoms. The lowest BCUT2D eigenvalue weighted by Crippen LogP contribution is -2.35. The molecule has 0 spiro atoms. The molecule has 0 fully saturated rings. The average molecular weight is 770 g/mol. The van der Waals surface area contributed by atoms with Gasteiger partial charge in [-0.2, -0.15) is 29.8 Å². The number of unbranched alkanes of at least 4 members (excludes halogenated alkanes) is 2. The van der Waals surface area contributed by atoms with Crippen molar-refractivity contribution >= 4 is 69.6 Å². The van der Waals surface area contributed by atoms with Crippen LogP contribution < -0.4 is 9.47 Å². The molecule has 0 radical (unpaired) electrons. The second-order valence-corrected chi connectivity index (χ2v) is 17.9. The van der Waals surface area contributed by atoms with E-state index in [4.69, 9.17) is 5.11 Å². The van der Waals surface area contributed by atoms with Crippen molar-refractivity contribution in [1.82, 2.24) is 0 Å². The first-order chi connectivity index (χ1) is 23.4. The highest BCUT2D eigenvalue weighted by molar-refractivity contribution is 7.86. The Morgan fingerprint density at radius 3 is 2.26 bits per heavy atom. The van der Waals surface area contributed by atoms with Crippen molar-refractivity contribution in [3.63, 3.8) is 0 Å². The van der Waals surface area contributed by atoms with Crippen molar-refractivity contribution in [3.05, 3.63) is 83.0 Å². The number of hydrogen-bond acceptors (Lipinski definition) is 9. The number of aromatic nitrogens is 1. The van der Waals surface area contributed by atoms with Gasteiger partial charge in [-0.15, -0.1) is 0 Å². The smallest absolute Gasteiger partial charge is 0.303 e. The fraction of sp³-hybridized carbons (Fsp3) is 0.394. The summed E-state index contributed by atoms with van der Waals surface area (Å²) in [5, 5.41) is 9.91. The Morgan fingerprint density at radius 2 is 1.58 bits per heavy atom. The predicted octanol–water partition coefficient (Wildman–Crippen LogP) is 5.26. The van der Waals surface area contributed by atoms with Gasteiger partial charge in [0.1, 0.15) is 4.70 Å². The Bertz CT molecular complexity index is 2140. The zero-order valence-electron chi connectivity index (χ0n) is 27.4. The fourth-order valence-corrected chi connectivity index (χ4v) is 8.79. The number of anilines is 1. The van der Waals surface area contributed by atoms with E-state index >= 15 is 0 Å². The molecule has 4 rings (SSSR count). The summed E-state index contributed by atoms with van der Waals surface area (Å²) >= 11 is 1.52. The number of carboxylic acid groups (broad SMARTS) is 1. The highest BCUT2D eigenvalue weighted by Gasteiger charge is 2.43. The van der Waals surface area contributed by atoms with E-state index in [-0.39, 0.29) is 36.5 Å². The Balaban J connectivity index is 1.70. The molecule has 2 aromatic carbocycles. The molecule has 0 aliphatic carbocycles. The summed E-state index contributed by atoms with van der Waals surface area (Å²) in [6, 6.07) is 11.9. The summed E-state index contributed by atoms with van der Waals surface area (Å²) < 4.78 is 101. The second kappa shape index (κ2) is 16.3. The third kappa shape index (κ3) is 10.5. The molecule has 1 aromatic heterocycles. The molecule has 4 N–H and O–H groups in total. The maximum absolute atomic E-state index is 12.1. The summed E-state index contributed by atoms with van der Waals surface area (Å²) in [4.78, 5) is 12.6. The predicted molar refractivity (Wildman–Crippen MR) is 192 cm³/mol. The van der Waals surface area contributed by atoms with Gasteiger partial charge in [0, 0.05) is 48.3 Å². The molecule has 3 aromatic rings. The second-order valence-electron chi connectivity index (χ2n) is 12.2. The van der Waals surface area contributed by atoms with E-state index in [0.717, 1.165) is 20.9 Å². The zero-order chi connectivity index (χ0) is 36.7. The lowest BCUT2D eigenvalue weighted by molar-refractivity contribution is -0.668. The summed E-state index contributed by atoms with van der Waals surface area (Å²) in [5.74, 6) is -1.75. The molecule has 1 aliphatic heterocycles. The number of hydrogen-bond donors (Lipinski definition) is 4. The first kappa shape index (κ1) is 39.3. The number of para-hydroxylation sites is 1. The van der Waals surface area contributed by atoms with Crippen LogP contribution in [-0.2, 0) is 47.1 Å². The Labute approximate surface area is 296 Å². The van der Waals surface area contributed by atoms with Gasteiger partial charge in [-0.05, 0) is 62.1 Å². The van der Waals surface area contributed by atoms with Crippen LogP contribution in [0.2, 0.25) is 0 Å².